The molecular formula is C37H33ClF5N3O6. The number of likely N-dealkylation sites (tertiary alicyclic amines) is 2. The zero-order valence-corrected chi connectivity index (χ0v) is 28.3. The van der Waals surface area contributed by atoms with Crippen molar-refractivity contribution in [2.45, 2.75) is 62.9 Å². The van der Waals surface area contributed by atoms with E-state index in [1.54, 1.807) is 29.2 Å². The summed E-state index contributed by atoms with van der Waals surface area (Å²) in [6.45, 7) is 2.07. The molecule has 3 heterocycles. The fraction of sp³-hybridized carbons (Fsp3) is 0.351. The lowest BCUT2D eigenvalue weighted by atomic mass is 9.86. The molecule has 2 fully saturated rings. The van der Waals surface area contributed by atoms with Crippen LogP contribution >= 0.6 is 11.6 Å². The van der Waals surface area contributed by atoms with E-state index >= 15 is 0 Å². The van der Waals surface area contributed by atoms with Crippen molar-refractivity contribution in [1.29, 1.82) is 0 Å². The SMILES string of the molecule is O=C(N[C@@H](Cc1ccc(Cl)cc1)C(=O)N1CCC(c2ccccc2CN2CCCC2=O)CC1)c1cc(=O)c2cc(OC(F)(F)C(F)(F)F)ccc2o1. The van der Waals surface area contributed by atoms with Crippen molar-refractivity contribution < 1.29 is 45.5 Å². The Balaban J connectivity index is 1.18. The molecule has 3 amide bonds. The van der Waals surface area contributed by atoms with E-state index in [0.29, 0.717) is 55.5 Å². The standard InChI is InChI=1S/C37H33ClF5N3O6/c38-25-9-7-22(8-10-25)18-29(35(50)45-16-13-23(14-17-45)27-5-2-1-4-24(27)21-46-15-3-6-33(46)48)44-34(49)32-20-30(47)28-19-26(11-12-31(28)51-32)52-37(42,43)36(39,40)41/h1-2,4-5,7-12,19-20,23,29H,3,6,13-18,21H2,(H,44,49)/t29-/m0/s1. The van der Waals surface area contributed by atoms with Gasteiger partial charge in [0.25, 0.3) is 5.91 Å². The molecule has 0 aliphatic carbocycles. The number of nitrogens with one attached hydrogen (secondary N) is 1. The van der Waals surface area contributed by atoms with Gasteiger partial charge in [-0.3, -0.25) is 19.2 Å². The molecule has 2 aliphatic rings. The minimum atomic E-state index is -5.99. The van der Waals surface area contributed by atoms with Crippen molar-refractivity contribution in [1.82, 2.24) is 15.1 Å². The molecule has 2 saturated heterocycles. The maximum Gasteiger partial charge on any atom is 0.499 e. The van der Waals surface area contributed by atoms with Gasteiger partial charge < -0.3 is 24.3 Å². The molecule has 15 heteroatoms. The smallest absolute Gasteiger partial charge is 0.451 e. The van der Waals surface area contributed by atoms with E-state index in [1.807, 2.05) is 23.1 Å². The normalized spacial score (nSPS) is 16.3. The number of fused-ring (bicyclic) bond motifs is 1. The number of ether oxygens (including phenoxy) is 1. The Bertz CT molecular complexity index is 2030. The van der Waals surface area contributed by atoms with Crippen LogP contribution in [0.3, 0.4) is 0 Å². The number of nitrogens with zero attached hydrogens (tertiary/aromatic N) is 2. The molecule has 0 saturated carbocycles. The van der Waals surface area contributed by atoms with Gasteiger partial charge in [-0.15, -0.1) is 0 Å². The Labute approximate surface area is 299 Å². The third-order valence-corrected chi connectivity index (χ3v) is 9.54. The van der Waals surface area contributed by atoms with Gasteiger partial charge >= 0.3 is 12.3 Å². The van der Waals surface area contributed by atoms with Crippen molar-refractivity contribution in [3.8, 4) is 5.75 Å². The van der Waals surface area contributed by atoms with Crippen LogP contribution in [0, 0.1) is 0 Å². The molecule has 0 bridgehead atoms. The van der Waals surface area contributed by atoms with Gasteiger partial charge in [0.2, 0.25) is 11.8 Å². The minimum absolute atomic E-state index is 0.0697. The first kappa shape index (κ1) is 36.8. The Morgan fingerprint density at radius 3 is 2.33 bits per heavy atom. The van der Waals surface area contributed by atoms with Gasteiger partial charge in [-0.1, -0.05) is 48.0 Å². The summed E-state index contributed by atoms with van der Waals surface area (Å²) in [6.07, 6.45) is -8.74. The van der Waals surface area contributed by atoms with Crippen molar-refractivity contribution >= 4 is 40.3 Å². The molecule has 52 heavy (non-hydrogen) atoms. The molecule has 9 nitrogen and oxygen atoms in total. The Morgan fingerprint density at radius 2 is 1.65 bits per heavy atom. The third-order valence-electron chi connectivity index (χ3n) is 9.29. The third kappa shape index (κ3) is 8.22. The molecule has 1 atom stereocenters. The van der Waals surface area contributed by atoms with Crippen LogP contribution in [-0.4, -0.2) is 65.5 Å². The highest BCUT2D eigenvalue weighted by atomic mass is 35.5. The molecule has 0 radical (unpaired) electrons. The number of benzene rings is 3. The van der Waals surface area contributed by atoms with E-state index in [1.165, 1.54) is 0 Å². The number of amides is 3. The second-order valence-corrected chi connectivity index (χ2v) is 13.3. The number of hydrogen-bond acceptors (Lipinski definition) is 6. The van der Waals surface area contributed by atoms with Crippen LogP contribution in [-0.2, 0) is 22.6 Å². The summed E-state index contributed by atoms with van der Waals surface area (Å²) in [4.78, 5) is 56.2. The molecule has 1 aromatic heterocycles. The molecule has 2 aliphatic heterocycles. The summed E-state index contributed by atoms with van der Waals surface area (Å²) < 4.78 is 74.0. The molecular weight excluding hydrogens is 713 g/mol. The summed E-state index contributed by atoms with van der Waals surface area (Å²) in [6, 6.07) is 16.7. The monoisotopic (exact) mass is 745 g/mol. The predicted molar refractivity (Wildman–Crippen MR) is 180 cm³/mol. The Kier molecular flexibility index (Phi) is 10.6. The van der Waals surface area contributed by atoms with Gasteiger partial charge in [-0.25, -0.2) is 0 Å². The van der Waals surface area contributed by atoms with Gasteiger partial charge in [0.1, 0.15) is 17.4 Å². The van der Waals surface area contributed by atoms with Crippen molar-refractivity contribution in [3.63, 3.8) is 0 Å². The fourth-order valence-corrected chi connectivity index (χ4v) is 6.71. The number of rotatable bonds is 10. The van der Waals surface area contributed by atoms with Crippen molar-refractivity contribution in [2.75, 3.05) is 19.6 Å². The maximum absolute atomic E-state index is 14.0. The minimum Gasteiger partial charge on any atom is -0.451 e. The first-order chi connectivity index (χ1) is 24.7. The first-order valence-electron chi connectivity index (χ1n) is 16.6. The largest absolute Gasteiger partial charge is 0.499 e. The average molecular weight is 746 g/mol. The lowest BCUT2D eigenvalue weighted by molar-refractivity contribution is -0.360. The van der Waals surface area contributed by atoms with E-state index in [9.17, 15) is 41.1 Å². The molecule has 1 N–H and O–H groups in total. The average Bonchev–Trinajstić information content (AvgIpc) is 3.52. The summed E-state index contributed by atoms with van der Waals surface area (Å²) in [5, 5.41) is 2.73. The summed E-state index contributed by atoms with van der Waals surface area (Å²) in [7, 11) is 0. The molecule has 0 unspecified atom stereocenters. The second-order valence-electron chi connectivity index (χ2n) is 12.8. The molecule has 274 valence electrons. The predicted octanol–water partition coefficient (Wildman–Crippen LogP) is 6.85. The van der Waals surface area contributed by atoms with Crippen LogP contribution in [0.1, 0.15) is 58.8 Å². The quantitative estimate of drug-likeness (QED) is 0.178. The zero-order chi connectivity index (χ0) is 37.2. The van der Waals surface area contributed by atoms with E-state index in [0.717, 1.165) is 42.3 Å². The van der Waals surface area contributed by atoms with Crippen LogP contribution in [0.2, 0.25) is 5.02 Å². The highest BCUT2D eigenvalue weighted by Gasteiger charge is 2.61. The van der Waals surface area contributed by atoms with Crippen LogP contribution in [0.25, 0.3) is 11.0 Å². The maximum atomic E-state index is 14.0. The molecule has 4 aromatic rings. The number of carbonyl (C=O) groups is 3. The highest BCUT2D eigenvalue weighted by Crippen LogP contribution is 2.38. The molecule has 6 rings (SSSR count). The highest BCUT2D eigenvalue weighted by molar-refractivity contribution is 6.30. The Morgan fingerprint density at radius 1 is 0.942 bits per heavy atom. The van der Waals surface area contributed by atoms with Gasteiger partial charge in [0.15, 0.2) is 11.2 Å². The number of halogens is 6. The first-order valence-corrected chi connectivity index (χ1v) is 17.0. The van der Waals surface area contributed by atoms with Gasteiger partial charge in [0.05, 0.1) is 5.39 Å². The summed E-state index contributed by atoms with van der Waals surface area (Å²) in [5.74, 6) is -2.44. The Hall–Kier alpha value is -4.98. The number of hydrogen-bond donors (Lipinski definition) is 1. The van der Waals surface area contributed by atoms with Crippen LogP contribution in [0.15, 0.2) is 82.0 Å². The van der Waals surface area contributed by atoms with Crippen LogP contribution in [0.5, 0.6) is 5.75 Å². The second kappa shape index (κ2) is 14.9. The van der Waals surface area contributed by atoms with Gasteiger partial charge in [-0.2, -0.15) is 22.0 Å². The van der Waals surface area contributed by atoms with Crippen molar-refractivity contribution in [2.24, 2.45) is 0 Å². The van der Waals surface area contributed by atoms with E-state index in [4.69, 9.17) is 16.0 Å². The zero-order valence-electron chi connectivity index (χ0n) is 27.6. The van der Waals surface area contributed by atoms with E-state index in [-0.39, 0.29) is 29.7 Å². The van der Waals surface area contributed by atoms with Crippen LogP contribution < -0.4 is 15.5 Å². The molecule has 0 spiro atoms. The molecule has 3 aromatic carbocycles. The van der Waals surface area contributed by atoms with Crippen LogP contribution in [0.4, 0.5) is 22.0 Å². The number of alkyl halides is 5. The lowest BCUT2D eigenvalue weighted by Gasteiger charge is -2.35. The van der Waals surface area contributed by atoms with Crippen molar-refractivity contribution in [3.05, 3.63) is 110 Å². The lowest BCUT2D eigenvalue weighted by Crippen LogP contribution is -2.51. The van der Waals surface area contributed by atoms with Gasteiger partial charge in [-0.05, 0) is 72.2 Å². The van der Waals surface area contributed by atoms with E-state index < -0.39 is 46.6 Å². The summed E-state index contributed by atoms with van der Waals surface area (Å²) >= 11 is 6.05. The van der Waals surface area contributed by atoms with E-state index in [2.05, 4.69) is 16.1 Å². The number of carbonyl (C=O) groups excluding carboxylic acids is 3. The number of piperidine rings is 1. The van der Waals surface area contributed by atoms with Gasteiger partial charge in [0, 0.05) is 50.1 Å². The summed E-state index contributed by atoms with van der Waals surface area (Å²) in [5.41, 5.74) is 1.71. The fourth-order valence-electron chi connectivity index (χ4n) is 6.59. The topological polar surface area (TPSA) is 109 Å².